The summed E-state index contributed by atoms with van der Waals surface area (Å²) in [4.78, 5) is 30.0. The molecule has 2 aliphatic rings. The minimum atomic E-state index is -0.593. The molecule has 23 heavy (non-hydrogen) atoms. The van der Waals surface area contributed by atoms with Crippen LogP contribution in [0.2, 0.25) is 0 Å². The Labute approximate surface area is 131 Å². The molecule has 1 unspecified atom stereocenters. The zero-order chi connectivity index (χ0) is 16.0. The van der Waals surface area contributed by atoms with Crippen LogP contribution in [0.4, 0.5) is 10.1 Å². The van der Waals surface area contributed by atoms with Crippen LogP contribution in [-0.4, -0.2) is 29.4 Å². The summed E-state index contributed by atoms with van der Waals surface area (Å²) >= 11 is 0. The number of oxazole rings is 1. The van der Waals surface area contributed by atoms with E-state index in [-0.39, 0.29) is 17.5 Å². The van der Waals surface area contributed by atoms with E-state index in [4.69, 9.17) is 4.42 Å². The van der Waals surface area contributed by atoms with E-state index >= 15 is 0 Å². The quantitative estimate of drug-likeness (QED) is 0.874. The van der Waals surface area contributed by atoms with Gasteiger partial charge in [0, 0.05) is 11.6 Å². The number of β-lactam (4-membered cyclic amide) rings is 1. The molecule has 0 radical (unpaired) electrons. The van der Waals surface area contributed by atoms with Gasteiger partial charge in [-0.15, -0.1) is 0 Å². The molecule has 1 N–H and O–H groups in total. The third kappa shape index (κ3) is 2.48. The van der Waals surface area contributed by atoms with Gasteiger partial charge in [-0.1, -0.05) is 0 Å². The summed E-state index contributed by atoms with van der Waals surface area (Å²) in [7, 11) is 0. The number of benzene rings is 1. The SMILES string of the molecule is O=C(NC1CN(c2ccc(F)cc2)C1=O)c1ocnc1C1CC1. The minimum Gasteiger partial charge on any atom is -0.438 e. The van der Waals surface area contributed by atoms with Gasteiger partial charge in [0.15, 0.2) is 6.39 Å². The van der Waals surface area contributed by atoms with Crippen molar-refractivity contribution < 1.29 is 18.4 Å². The lowest BCUT2D eigenvalue weighted by molar-refractivity contribution is -0.124. The molecule has 1 saturated carbocycles. The number of rotatable bonds is 4. The van der Waals surface area contributed by atoms with Gasteiger partial charge < -0.3 is 14.6 Å². The lowest BCUT2D eigenvalue weighted by atomic mass is 10.1. The zero-order valence-electron chi connectivity index (χ0n) is 12.2. The monoisotopic (exact) mass is 315 g/mol. The molecule has 2 amide bonds. The van der Waals surface area contributed by atoms with Crippen LogP contribution in [0.1, 0.15) is 35.0 Å². The topological polar surface area (TPSA) is 75.4 Å². The van der Waals surface area contributed by atoms with Gasteiger partial charge in [0.25, 0.3) is 11.8 Å². The van der Waals surface area contributed by atoms with Crippen molar-refractivity contribution in [3.05, 3.63) is 47.9 Å². The number of halogens is 1. The molecule has 1 aromatic heterocycles. The summed E-state index contributed by atoms with van der Waals surface area (Å²) in [5.41, 5.74) is 1.28. The molecule has 2 heterocycles. The summed E-state index contributed by atoms with van der Waals surface area (Å²) in [6.07, 6.45) is 3.27. The molecule has 6 nitrogen and oxygen atoms in total. The van der Waals surface area contributed by atoms with E-state index in [0.29, 0.717) is 23.8 Å². The average molecular weight is 315 g/mol. The van der Waals surface area contributed by atoms with Crippen molar-refractivity contribution in [2.45, 2.75) is 24.8 Å². The fraction of sp³-hybridized carbons (Fsp3) is 0.312. The van der Waals surface area contributed by atoms with Crippen molar-refractivity contribution in [3.8, 4) is 0 Å². The highest BCUT2D eigenvalue weighted by atomic mass is 19.1. The standard InChI is InChI=1S/C16H14FN3O3/c17-10-3-5-11(6-4-10)20-7-12(16(20)22)19-15(21)14-13(9-1-2-9)18-8-23-14/h3-6,8-9,12H,1-2,7H2,(H,19,21). The van der Waals surface area contributed by atoms with Crippen molar-refractivity contribution in [1.29, 1.82) is 0 Å². The first-order chi connectivity index (χ1) is 11.1. The summed E-state index contributed by atoms with van der Waals surface area (Å²) in [5, 5.41) is 2.66. The van der Waals surface area contributed by atoms with E-state index in [2.05, 4.69) is 10.3 Å². The fourth-order valence-electron chi connectivity index (χ4n) is 2.68. The first kappa shape index (κ1) is 13.9. The maximum atomic E-state index is 12.9. The number of nitrogens with zero attached hydrogens (tertiary/aromatic N) is 2. The van der Waals surface area contributed by atoms with Gasteiger partial charge in [0.1, 0.15) is 11.9 Å². The van der Waals surface area contributed by atoms with Gasteiger partial charge in [-0.2, -0.15) is 0 Å². The van der Waals surface area contributed by atoms with Crippen LogP contribution in [0.25, 0.3) is 0 Å². The maximum Gasteiger partial charge on any atom is 0.289 e. The number of amides is 2. The van der Waals surface area contributed by atoms with Crippen LogP contribution in [0.3, 0.4) is 0 Å². The molecule has 0 spiro atoms. The number of aromatic nitrogens is 1. The van der Waals surface area contributed by atoms with Crippen LogP contribution in [0.15, 0.2) is 35.1 Å². The van der Waals surface area contributed by atoms with E-state index in [9.17, 15) is 14.0 Å². The van der Waals surface area contributed by atoms with Gasteiger partial charge in [-0.05, 0) is 37.1 Å². The van der Waals surface area contributed by atoms with Crippen LogP contribution in [0.5, 0.6) is 0 Å². The number of carbonyl (C=O) groups is 2. The van der Waals surface area contributed by atoms with Gasteiger partial charge in [-0.25, -0.2) is 9.37 Å². The second kappa shape index (κ2) is 5.19. The molecule has 1 atom stereocenters. The largest absolute Gasteiger partial charge is 0.438 e. The van der Waals surface area contributed by atoms with Gasteiger partial charge in [0.2, 0.25) is 5.76 Å². The molecule has 1 aromatic carbocycles. The Morgan fingerprint density at radius 2 is 2.04 bits per heavy atom. The van der Waals surface area contributed by atoms with Crippen LogP contribution >= 0.6 is 0 Å². The Hall–Kier alpha value is -2.70. The number of anilines is 1. The Kier molecular flexibility index (Phi) is 3.14. The van der Waals surface area contributed by atoms with Gasteiger partial charge in [-0.3, -0.25) is 9.59 Å². The molecule has 1 aliphatic heterocycles. The molecule has 1 saturated heterocycles. The highest BCUT2D eigenvalue weighted by Crippen LogP contribution is 2.40. The molecule has 2 aromatic rings. The molecular formula is C16H14FN3O3. The highest BCUT2D eigenvalue weighted by Gasteiger charge is 2.40. The van der Waals surface area contributed by atoms with Crippen molar-refractivity contribution >= 4 is 17.5 Å². The molecule has 2 fully saturated rings. The predicted molar refractivity (Wildman–Crippen MR) is 78.5 cm³/mol. The maximum absolute atomic E-state index is 12.9. The van der Waals surface area contributed by atoms with Crippen LogP contribution in [0, 0.1) is 5.82 Å². The van der Waals surface area contributed by atoms with Crippen molar-refractivity contribution in [2.24, 2.45) is 0 Å². The minimum absolute atomic E-state index is 0.195. The number of nitrogens with one attached hydrogen (secondary N) is 1. The second-order valence-corrected chi connectivity index (χ2v) is 5.79. The smallest absolute Gasteiger partial charge is 0.289 e. The third-order valence-electron chi connectivity index (χ3n) is 4.14. The first-order valence-corrected chi connectivity index (χ1v) is 7.44. The van der Waals surface area contributed by atoms with Gasteiger partial charge >= 0.3 is 0 Å². The van der Waals surface area contributed by atoms with E-state index in [1.165, 1.54) is 35.6 Å². The Morgan fingerprint density at radius 3 is 2.70 bits per heavy atom. The number of carbonyl (C=O) groups excluding carboxylic acids is 2. The summed E-state index contributed by atoms with van der Waals surface area (Å²) < 4.78 is 18.1. The molecular weight excluding hydrogens is 301 g/mol. The van der Waals surface area contributed by atoms with E-state index in [1.54, 1.807) is 0 Å². The van der Waals surface area contributed by atoms with E-state index < -0.39 is 11.9 Å². The average Bonchev–Trinajstić information content (AvgIpc) is 3.28. The first-order valence-electron chi connectivity index (χ1n) is 7.44. The van der Waals surface area contributed by atoms with E-state index in [1.807, 2.05) is 0 Å². The lowest BCUT2D eigenvalue weighted by Gasteiger charge is -2.38. The third-order valence-corrected chi connectivity index (χ3v) is 4.14. The molecule has 7 heteroatoms. The lowest BCUT2D eigenvalue weighted by Crippen LogP contribution is -2.64. The molecule has 118 valence electrons. The van der Waals surface area contributed by atoms with Crippen molar-refractivity contribution in [3.63, 3.8) is 0 Å². The fourth-order valence-corrected chi connectivity index (χ4v) is 2.68. The summed E-state index contributed by atoms with van der Waals surface area (Å²) in [6.45, 7) is 0.350. The van der Waals surface area contributed by atoms with Crippen LogP contribution in [-0.2, 0) is 4.79 Å². The normalized spacial score (nSPS) is 20.3. The zero-order valence-corrected chi connectivity index (χ0v) is 12.2. The Balaban J connectivity index is 1.41. The molecule has 0 bridgehead atoms. The summed E-state index contributed by atoms with van der Waals surface area (Å²) in [5.74, 6) is -0.508. The highest BCUT2D eigenvalue weighted by molar-refractivity contribution is 6.07. The van der Waals surface area contributed by atoms with E-state index in [0.717, 1.165) is 12.8 Å². The molecule has 1 aliphatic carbocycles. The van der Waals surface area contributed by atoms with Gasteiger partial charge in [0.05, 0.1) is 12.2 Å². The summed E-state index contributed by atoms with van der Waals surface area (Å²) in [6, 6.07) is 5.07. The van der Waals surface area contributed by atoms with Crippen LogP contribution < -0.4 is 10.2 Å². The molecule has 4 rings (SSSR count). The number of hydrogen-bond donors (Lipinski definition) is 1. The van der Waals surface area contributed by atoms with Crippen molar-refractivity contribution in [2.75, 3.05) is 11.4 Å². The Morgan fingerprint density at radius 1 is 1.30 bits per heavy atom. The Bertz CT molecular complexity index is 767. The number of hydrogen-bond acceptors (Lipinski definition) is 4. The van der Waals surface area contributed by atoms with Crippen molar-refractivity contribution in [1.82, 2.24) is 10.3 Å². The predicted octanol–water partition coefficient (Wildman–Crippen LogP) is 1.84. The second-order valence-electron chi connectivity index (χ2n) is 5.79.